The molecule has 7 nitrogen and oxygen atoms in total. The molecule has 8 heteroatoms. The van der Waals surface area contributed by atoms with Crippen LogP contribution < -0.4 is 19.7 Å². The summed E-state index contributed by atoms with van der Waals surface area (Å²) in [5.41, 5.74) is 2.12. The van der Waals surface area contributed by atoms with Crippen LogP contribution in [0.25, 0.3) is 21.3 Å². The molecular weight excluding hydrogens is 400 g/mol. The van der Waals surface area contributed by atoms with Gasteiger partial charge in [0.25, 0.3) is 0 Å². The van der Waals surface area contributed by atoms with E-state index in [1.54, 1.807) is 32.6 Å². The summed E-state index contributed by atoms with van der Waals surface area (Å²) >= 11 is 1.62. The van der Waals surface area contributed by atoms with Crippen LogP contribution in [0.2, 0.25) is 0 Å². The molecule has 1 N–H and O–H groups in total. The number of nitrogens with one attached hydrogen (secondary N) is 1. The van der Waals surface area contributed by atoms with Crippen LogP contribution in [0, 0.1) is 12.8 Å². The second-order valence-electron chi connectivity index (χ2n) is 7.37. The molecule has 0 saturated carbocycles. The summed E-state index contributed by atoms with van der Waals surface area (Å²) in [6, 6.07) is 5.94. The standard InChI is InChI=1S/C22H26N4O3S/c1-13-24-20(26-9-7-14(8-10-26)21(27)23-2)19-16(12-30-22(19)25-13)15-5-6-17(28-3)18(11-15)29-4/h5-6,11-12,14H,7-10H2,1-4H3,(H,23,27). The summed E-state index contributed by atoms with van der Waals surface area (Å²) in [5.74, 6) is 3.28. The Morgan fingerprint density at radius 2 is 1.90 bits per heavy atom. The van der Waals surface area contributed by atoms with Gasteiger partial charge in [-0.1, -0.05) is 6.07 Å². The van der Waals surface area contributed by atoms with E-state index in [0.717, 1.165) is 58.9 Å². The highest BCUT2D eigenvalue weighted by molar-refractivity contribution is 7.17. The Morgan fingerprint density at radius 3 is 2.57 bits per heavy atom. The van der Waals surface area contributed by atoms with E-state index >= 15 is 0 Å². The molecule has 2 aromatic heterocycles. The van der Waals surface area contributed by atoms with Gasteiger partial charge in [0.2, 0.25) is 5.91 Å². The number of ether oxygens (including phenoxy) is 2. The molecule has 0 atom stereocenters. The Bertz CT molecular complexity index is 1070. The zero-order valence-corrected chi connectivity index (χ0v) is 18.5. The quantitative estimate of drug-likeness (QED) is 0.671. The molecule has 4 rings (SSSR count). The number of rotatable bonds is 5. The summed E-state index contributed by atoms with van der Waals surface area (Å²) in [4.78, 5) is 24.8. The number of aryl methyl sites for hydroxylation is 1. The Balaban J connectivity index is 1.75. The zero-order valence-electron chi connectivity index (χ0n) is 17.7. The van der Waals surface area contributed by atoms with Crippen molar-refractivity contribution in [1.82, 2.24) is 15.3 Å². The first-order chi connectivity index (χ1) is 14.5. The minimum atomic E-state index is 0.0671. The van der Waals surface area contributed by atoms with Gasteiger partial charge in [0.1, 0.15) is 16.5 Å². The van der Waals surface area contributed by atoms with Crippen molar-refractivity contribution in [1.29, 1.82) is 0 Å². The molecule has 30 heavy (non-hydrogen) atoms. The Kier molecular flexibility index (Phi) is 5.76. The molecule has 1 aliphatic rings. The van der Waals surface area contributed by atoms with Crippen LogP contribution in [0.3, 0.4) is 0 Å². The van der Waals surface area contributed by atoms with Crippen LogP contribution in [0.5, 0.6) is 11.5 Å². The number of anilines is 1. The lowest BCUT2D eigenvalue weighted by molar-refractivity contribution is -0.125. The molecule has 1 amide bonds. The second-order valence-corrected chi connectivity index (χ2v) is 8.23. The molecule has 1 aliphatic heterocycles. The van der Waals surface area contributed by atoms with Gasteiger partial charge in [-0.05, 0) is 37.5 Å². The number of aromatic nitrogens is 2. The highest BCUT2D eigenvalue weighted by atomic mass is 32.1. The number of methoxy groups -OCH3 is 2. The topological polar surface area (TPSA) is 76.6 Å². The summed E-state index contributed by atoms with van der Waals surface area (Å²) in [5, 5.41) is 5.95. The molecule has 1 fully saturated rings. The molecule has 1 aromatic carbocycles. The number of thiophene rings is 1. The van der Waals surface area contributed by atoms with Crippen molar-refractivity contribution in [3.05, 3.63) is 29.4 Å². The number of carbonyl (C=O) groups is 1. The molecule has 3 aromatic rings. The average molecular weight is 427 g/mol. The fraction of sp³-hybridized carbons (Fsp3) is 0.409. The molecule has 0 bridgehead atoms. The smallest absolute Gasteiger partial charge is 0.222 e. The molecule has 0 aliphatic carbocycles. The van der Waals surface area contributed by atoms with Gasteiger partial charge in [0, 0.05) is 37.0 Å². The number of nitrogens with zero attached hydrogens (tertiary/aromatic N) is 3. The van der Waals surface area contributed by atoms with Gasteiger partial charge >= 0.3 is 0 Å². The van der Waals surface area contributed by atoms with E-state index < -0.39 is 0 Å². The van der Waals surface area contributed by atoms with Gasteiger partial charge in [0.05, 0.1) is 19.6 Å². The highest BCUT2D eigenvalue weighted by Gasteiger charge is 2.27. The minimum Gasteiger partial charge on any atom is -0.493 e. The molecule has 158 valence electrons. The first-order valence-corrected chi connectivity index (χ1v) is 10.9. The monoisotopic (exact) mass is 426 g/mol. The van der Waals surface area contributed by atoms with E-state index in [0.29, 0.717) is 11.5 Å². The van der Waals surface area contributed by atoms with Gasteiger partial charge in [-0.15, -0.1) is 11.3 Å². The van der Waals surface area contributed by atoms with E-state index in [-0.39, 0.29) is 11.8 Å². The van der Waals surface area contributed by atoms with Crippen LogP contribution in [0.15, 0.2) is 23.6 Å². The van der Waals surface area contributed by atoms with Crippen molar-refractivity contribution < 1.29 is 14.3 Å². The number of hydrogen-bond donors (Lipinski definition) is 1. The first-order valence-electron chi connectivity index (χ1n) is 10.0. The van der Waals surface area contributed by atoms with Crippen molar-refractivity contribution >= 4 is 33.3 Å². The van der Waals surface area contributed by atoms with E-state index in [1.165, 1.54) is 0 Å². The van der Waals surface area contributed by atoms with Crippen LogP contribution in [-0.2, 0) is 4.79 Å². The zero-order chi connectivity index (χ0) is 21.3. The predicted molar refractivity (Wildman–Crippen MR) is 120 cm³/mol. The van der Waals surface area contributed by atoms with E-state index in [1.807, 2.05) is 25.1 Å². The molecule has 0 radical (unpaired) electrons. The van der Waals surface area contributed by atoms with Crippen molar-refractivity contribution in [2.45, 2.75) is 19.8 Å². The van der Waals surface area contributed by atoms with Crippen molar-refractivity contribution in [2.24, 2.45) is 5.92 Å². The molecule has 0 unspecified atom stereocenters. The number of hydrogen-bond acceptors (Lipinski definition) is 7. The average Bonchev–Trinajstić information content (AvgIpc) is 3.21. The molecule has 0 spiro atoms. The fourth-order valence-electron chi connectivity index (χ4n) is 4.03. The summed E-state index contributed by atoms with van der Waals surface area (Å²) in [6.45, 7) is 3.52. The fourth-order valence-corrected chi connectivity index (χ4v) is 5.02. The third-order valence-electron chi connectivity index (χ3n) is 5.63. The summed E-state index contributed by atoms with van der Waals surface area (Å²) in [6.07, 6.45) is 1.64. The first kappa shape index (κ1) is 20.4. The van der Waals surface area contributed by atoms with E-state index in [9.17, 15) is 4.79 Å². The van der Waals surface area contributed by atoms with Crippen LogP contribution >= 0.6 is 11.3 Å². The number of fused-ring (bicyclic) bond motifs is 1. The largest absolute Gasteiger partial charge is 0.493 e. The maximum absolute atomic E-state index is 12.0. The lowest BCUT2D eigenvalue weighted by atomic mass is 9.95. The van der Waals surface area contributed by atoms with Crippen molar-refractivity contribution in [3.63, 3.8) is 0 Å². The molecular formula is C22H26N4O3S. The van der Waals surface area contributed by atoms with E-state index in [4.69, 9.17) is 14.5 Å². The summed E-state index contributed by atoms with van der Waals surface area (Å²) in [7, 11) is 4.98. The third-order valence-corrected chi connectivity index (χ3v) is 6.50. The lowest BCUT2D eigenvalue weighted by Crippen LogP contribution is -2.40. The number of carbonyl (C=O) groups excluding carboxylic acids is 1. The second kappa shape index (κ2) is 8.47. The van der Waals surface area contributed by atoms with Crippen LogP contribution in [-0.4, -0.2) is 50.2 Å². The van der Waals surface area contributed by atoms with Crippen molar-refractivity contribution in [3.8, 4) is 22.6 Å². The lowest BCUT2D eigenvalue weighted by Gasteiger charge is -2.32. The Morgan fingerprint density at radius 1 is 1.17 bits per heavy atom. The van der Waals surface area contributed by atoms with Crippen molar-refractivity contribution in [2.75, 3.05) is 39.3 Å². The van der Waals surface area contributed by atoms with E-state index in [2.05, 4.69) is 20.6 Å². The summed E-state index contributed by atoms with van der Waals surface area (Å²) < 4.78 is 10.9. The van der Waals surface area contributed by atoms with Crippen LogP contribution in [0.1, 0.15) is 18.7 Å². The van der Waals surface area contributed by atoms with Gasteiger partial charge in [-0.25, -0.2) is 9.97 Å². The Labute approximate surface area is 180 Å². The minimum absolute atomic E-state index is 0.0671. The third kappa shape index (κ3) is 3.67. The van der Waals surface area contributed by atoms with Gasteiger partial charge in [0.15, 0.2) is 11.5 Å². The van der Waals surface area contributed by atoms with Gasteiger partial charge in [-0.3, -0.25) is 4.79 Å². The number of amides is 1. The maximum atomic E-state index is 12.0. The van der Waals surface area contributed by atoms with Gasteiger partial charge < -0.3 is 19.7 Å². The maximum Gasteiger partial charge on any atom is 0.222 e. The molecule has 1 saturated heterocycles. The Hall–Kier alpha value is -2.87. The van der Waals surface area contributed by atoms with Crippen LogP contribution in [0.4, 0.5) is 5.82 Å². The highest BCUT2D eigenvalue weighted by Crippen LogP contribution is 2.41. The van der Waals surface area contributed by atoms with Gasteiger partial charge in [-0.2, -0.15) is 0 Å². The number of benzene rings is 1. The number of piperidine rings is 1. The SMILES string of the molecule is CNC(=O)C1CCN(c2nc(C)nc3scc(-c4ccc(OC)c(OC)c4)c23)CC1. The molecule has 3 heterocycles. The normalized spacial score (nSPS) is 14.7. The predicted octanol–water partition coefficient (Wildman–Crippen LogP) is 3.65.